The highest BCUT2D eigenvalue weighted by atomic mass is 32.1. The second-order valence-corrected chi connectivity index (χ2v) is 7.13. The van der Waals surface area contributed by atoms with Crippen molar-refractivity contribution in [1.29, 1.82) is 0 Å². The standard InChI is InChI=1S/C17H24N4O2S/c1-13-12-24-16(19-13)11-20-8-14(17(22)18-5-7-23-2)9-21-6-3-4-15(21)10-20/h3-4,6,12,14H,5,7-11H2,1-2H3,(H,18,22). The van der Waals surface area contributed by atoms with Crippen LogP contribution in [0.15, 0.2) is 23.7 Å². The normalized spacial score (nSPS) is 18.2. The number of ether oxygens (including phenoxy) is 1. The SMILES string of the molecule is COCCNC(=O)C1CN(Cc2nc(C)cs2)Cc2cccn2C1. The molecule has 2 aromatic rings. The maximum Gasteiger partial charge on any atom is 0.226 e. The number of rotatable bonds is 6. The van der Waals surface area contributed by atoms with Gasteiger partial charge in [0, 0.05) is 56.3 Å². The maximum absolute atomic E-state index is 12.5. The lowest BCUT2D eigenvalue weighted by atomic mass is 10.1. The molecule has 1 amide bonds. The molecule has 3 heterocycles. The first kappa shape index (κ1) is 17.1. The van der Waals surface area contributed by atoms with Gasteiger partial charge in [-0.05, 0) is 19.1 Å². The zero-order chi connectivity index (χ0) is 16.9. The van der Waals surface area contributed by atoms with Crippen molar-refractivity contribution in [2.75, 3.05) is 26.8 Å². The van der Waals surface area contributed by atoms with E-state index >= 15 is 0 Å². The van der Waals surface area contributed by atoms with Crippen molar-refractivity contribution in [1.82, 2.24) is 19.8 Å². The molecule has 1 aliphatic rings. The fourth-order valence-corrected chi connectivity index (χ4v) is 3.86. The third-order valence-corrected chi connectivity index (χ3v) is 5.16. The highest BCUT2D eigenvalue weighted by Gasteiger charge is 2.27. The first-order valence-corrected chi connectivity index (χ1v) is 9.07. The number of methoxy groups -OCH3 is 1. The van der Waals surface area contributed by atoms with Gasteiger partial charge in [-0.25, -0.2) is 4.98 Å². The molecule has 1 aliphatic heterocycles. The van der Waals surface area contributed by atoms with Crippen molar-refractivity contribution in [3.8, 4) is 0 Å². The summed E-state index contributed by atoms with van der Waals surface area (Å²) in [6, 6.07) is 4.18. The molecular formula is C17H24N4O2S. The van der Waals surface area contributed by atoms with Gasteiger partial charge in [-0.15, -0.1) is 11.3 Å². The molecule has 7 heteroatoms. The van der Waals surface area contributed by atoms with E-state index in [1.165, 1.54) is 5.69 Å². The Balaban J connectivity index is 1.71. The summed E-state index contributed by atoms with van der Waals surface area (Å²) in [5.41, 5.74) is 2.30. The molecule has 1 atom stereocenters. The van der Waals surface area contributed by atoms with Crippen LogP contribution in [0.3, 0.4) is 0 Å². The van der Waals surface area contributed by atoms with E-state index in [1.807, 2.05) is 13.0 Å². The van der Waals surface area contributed by atoms with Gasteiger partial charge in [0.15, 0.2) is 0 Å². The summed E-state index contributed by atoms with van der Waals surface area (Å²) < 4.78 is 7.20. The molecule has 0 bridgehead atoms. The number of nitrogens with one attached hydrogen (secondary N) is 1. The lowest BCUT2D eigenvalue weighted by Crippen LogP contribution is -2.39. The number of thiazole rings is 1. The molecule has 1 N–H and O–H groups in total. The predicted octanol–water partition coefficient (Wildman–Crippen LogP) is 1.65. The van der Waals surface area contributed by atoms with Crippen molar-refractivity contribution in [3.63, 3.8) is 0 Å². The van der Waals surface area contributed by atoms with E-state index in [2.05, 4.69) is 37.4 Å². The Morgan fingerprint density at radius 3 is 3.12 bits per heavy atom. The second kappa shape index (κ2) is 7.92. The molecule has 24 heavy (non-hydrogen) atoms. The van der Waals surface area contributed by atoms with Gasteiger partial charge in [0.1, 0.15) is 5.01 Å². The van der Waals surface area contributed by atoms with E-state index in [-0.39, 0.29) is 11.8 Å². The average Bonchev–Trinajstić information content (AvgIpc) is 3.12. The fourth-order valence-electron chi connectivity index (χ4n) is 3.05. The van der Waals surface area contributed by atoms with Crippen molar-refractivity contribution < 1.29 is 9.53 Å². The monoisotopic (exact) mass is 348 g/mol. The minimum absolute atomic E-state index is 0.0726. The Morgan fingerprint density at radius 2 is 2.38 bits per heavy atom. The Morgan fingerprint density at radius 1 is 1.50 bits per heavy atom. The summed E-state index contributed by atoms with van der Waals surface area (Å²) in [7, 11) is 1.64. The number of aryl methyl sites for hydroxylation is 1. The van der Waals surface area contributed by atoms with E-state index in [4.69, 9.17) is 4.74 Å². The Labute approximate surface area is 146 Å². The van der Waals surface area contributed by atoms with Crippen LogP contribution >= 0.6 is 11.3 Å². The Kier molecular flexibility index (Phi) is 5.65. The molecule has 0 aromatic carbocycles. The lowest BCUT2D eigenvalue weighted by Gasteiger charge is -2.22. The molecule has 0 fully saturated rings. The first-order valence-electron chi connectivity index (χ1n) is 8.19. The van der Waals surface area contributed by atoms with Gasteiger partial charge in [-0.3, -0.25) is 9.69 Å². The highest BCUT2D eigenvalue weighted by molar-refractivity contribution is 7.09. The van der Waals surface area contributed by atoms with Gasteiger partial charge in [0.05, 0.1) is 19.1 Å². The van der Waals surface area contributed by atoms with Crippen LogP contribution in [0.25, 0.3) is 0 Å². The summed E-state index contributed by atoms with van der Waals surface area (Å²) in [5.74, 6) is 0.0190. The number of carbonyl (C=O) groups is 1. The fraction of sp³-hybridized carbons (Fsp3) is 0.529. The zero-order valence-corrected chi connectivity index (χ0v) is 15.0. The van der Waals surface area contributed by atoms with Gasteiger partial charge in [-0.2, -0.15) is 0 Å². The van der Waals surface area contributed by atoms with Crippen LogP contribution in [0.1, 0.15) is 16.4 Å². The van der Waals surface area contributed by atoms with Gasteiger partial charge in [0.2, 0.25) is 5.91 Å². The molecular weight excluding hydrogens is 324 g/mol. The molecule has 0 saturated carbocycles. The molecule has 3 rings (SSSR count). The van der Waals surface area contributed by atoms with E-state index in [1.54, 1.807) is 18.4 Å². The van der Waals surface area contributed by atoms with Crippen molar-refractivity contribution in [2.24, 2.45) is 5.92 Å². The minimum Gasteiger partial charge on any atom is -0.383 e. The largest absolute Gasteiger partial charge is 0.383 e. The Bertz CT molecular complexity index is 682. The van der Waals surface area contributed by atoms with Crippen molar-refractivity contribution in [2.45, 2.75) is 26.6 Å². The van der Waals surface area contributed by atoms with E-state index in [0.717, 1.165) is 30.3 Å². The lowest BCUT2D eigenvalue weighted by molar-refractivity contribution is -0.126. The zero-order valence-electron chi connectivity index (χ0n) is 14.2. The van der Waals surface area contributed by atoms with Gasteiger partial charge in [-0.1, -0.05) is 0 Å². The van der Waals surface area contributed by atoms with E-state index in [9.17, 15) is 4.79 Å². The van der Waals surface area contributed by atoms with Crippen LogP contribution in [0.5, 0.6) is 0 Å². The van der Waals surface area contributed by atoms with Crippen LogP contribution in [0.4, 0.5) is 0 Å². The highest BCUT2D eigenvalue weighted by Crippen LogP contribution is 2.20. The molecule has 130 valence electrons. The summed E-state index contributed by atoms with van der Waals surface area (Å²) in [5, 5.41) is 6.15. The minimum atomic E-state index is -0.0726. The van der Waals surface area contributed by atoms with Crippen LogP contribution in [0, 0.1) is 12.8 Å². The van der Waals surface area contributed by atoms with Crippen LogP contribution < -0.4 is 5.32 Å². The van der Waals surface area contributed by atoms with Crippen molar-refractivity contribution in [3.05, 3.63) is 40.1 Å². The van der Waals surface area contributed by atoms with Crippen LogP contribution in [-0.2, 0) is 29.2 Å². The molecule has 0 radical (unpaired) electrons. The van der Waals surface area contributed by atoms with Crippen LogP contribution in [-0.4, -0.2) is 47.2 Å². The van der Waals surface area contributed by atoms with Gasteiger partial charge >= 0.3 is 0 Å². The molecule has 6 nitrogen and oxygen atoms in total. The maximum atomic E-state index is 12.5. The summed E-state index contributed by atoms with van der Waals surface area (Å²) in [6.07, 6.45) is 2.06. The number of fused-ring (bicyclic) bond motifs is 1. The molecule has 1 unspecified atom stereocenters. The molecule has 2 aromatic heterocycles. The number of amides is 1. The van der Waals surface area contributed by atoms with E-state index < -0.39 is 0 Å². The number of carbonyl (C=O) groups excluding carboxylic acids is 1. The smallest absolute Gasteiger partial charge is 0.226 e. The molecule has 0 aliphatic carbocycles. The third-order valence-electron chi connectivity index (χ3n) is 4.21. The van der Waals surface area contributed by atoms with Crippen LogP contribution in [0.2, 0.25) is 0 Å². The number of nitrogens with zero attached hydrogens (tertiary/aromatic N) is 3. The number of aromatic nitrogens is 2. The summed E-state index contributed by atoms with van der Waals surface area (Å²) in [4.78, 5) is 19.4. The van der Waals surface area contributed by atoms with E-state index in [0.29, 0.717) is 19.7 Å². The van der Waals surface area contributed by atoms with Gasteiger partial charge < -0.3 is 14.6 Å². The second-order valence-electron chi connectivity index (χ2n) is 6.18. The quantitative estimate of drug-likeness (QED) is 0.807. The number of hydrogen-bond donors (Lipinski definition) is 1. The predicted molar refractivity (Wildman–Crippen MR) is 93.8 cm³/mol. The molecule has 0 saturated heterocycles. The third kappa shape index (κ3) is 4.23. The topological polar surface area (TPSA) is 59.4 Å². The first-order chi connectivity index (χ1) is 11.7. The summed E-state index contributed by atoms with van der Waals surface area (Å²) >= 11 is 1.68. The Hall–Kier alpha value is -1.70. The van der Waals surface area contributed by atoms with Crippen molar-refractivity contribution >= 4 is 17.2 Å². The van der Waals surface area contributed by atoms with Gasteiger partial charge in [0.25, 0.3) is 0 Å². The summed E-state index contributed by atoms with van der Waals surface area (Å²) in [6.45, 7) is 6.18. The molecule has 0 spiro atoms. The number of hydrogen-bond acceptors (Lipinski definition) is 5. The average molecular weight is 348 g/mol.